The van der Waals surface area contributed by atoms with Gasteiger partial charge in [0.15, 0.2) is 17.3 Å². The molecular formula is C19H14N12. The molecule has 0 spiro atoms. The molecule has 0 unspecified atom stereocenters. The monoisotopic (exact) mass is 410 g/mol. The molecule has 0 saturated heterocycles. The van der Waals surface area contributed by atoms with Gasteiger partial charge < -0.3 is 0 Å². The van der Waals surface area contributed by atoms with Crippen LogP contribution < -0.4 is 0 Å². The highest BCUT2D eigenvalue weighted by atomic mass is 15.4. The van der Waals surface area contributed by atoms with Crippen LogP contribution in [0.4, 0.5) is 11.5 Å². The quantitative estimate of drug-likeness (QED) is 0.447. The summed E-state index contributed by atoms with van der Waals surface area (Å²) in [5.74, 6) is 1.11. The molecule has 0 aliphatic heterocycles. The Labute approximate surface area is 175 Å². The fourth-order valence-corrected chi connectivity index (χ4v) is 3.14. The molecule has 150 valence electrons. The summed E-state index contributed by atoms with van der Waals surface area (Å²) in [5.41, 5.74) is 3.44. The molecule has 0 aliphatic carbocycles. The maximum atomic E-state index is 9.58. The number of aromatic nitrogens is 9. The molecular weight excluding hydrogens is 396 g/mol. The summed E-state index contributed by atoms with van der Waals surface area (Å²) in [6, 6.07) is 11.8. The smallest absolute Gasteiger partial charge is 0.255 e. The maximum absolute atomic E-state index is 9.58. The van der Waals surface area contributed by atoms with E-state index in [1.807, 2.05) is 37.3 Å². The average molecular weight is 410 g/mol. The van der Waals surface area contributed by atoms with Crippen molar-refractivity contribution in [3.8, 4) is 23.4 Å². The van der Waals surface area contributed by atoms with Crippen molar-refractivity contribution in [1.29, 1.82) is 5.26 Å². The van der Waals surface area contributed by atoms with Crippen LogP contribution in [0.2, 0.25) is 0 Å². The van der Waals surface area contributed by atoms with Crippen LogP contribution in [0.5, 0.6) is 0 Å². The lowest BCUT2D eigenvalue weighted by Gasteiger charge is -1.99. The van der Waals surface area contributed by atoms with Crippen LogP contribution in [-0.4, -0.2) is 44.5 Å². The lowest BCUT2D eigenvalue weighted by molar-refractivity contribution is 0.781. The molecule has 1 aromatic carbocycles. The first-order valence-electron chi connectivity index (χ1n) is 9.20. The van der Waals surface area contributed by atoms with Crippen molar-refractivity contribution < 1.29 is 0 Å². The van der Waals surface area contributed by atoms with E-state index >= 15 is 0 Å². The van der Waals surface area contributed by atoms with Crippen LogP contribution in [0.3, 0.4) is 0 Å². The van der Waals surface area contributed by atoms with Crippen LogP contribution >= 0.6 is 0 Å². The van der Waals surface area contributed by atoms with Gasteiger partial charge in [-0.05, 0) is 13.8 Å². The Balaban J connectivity index is 1.62. The van der Waals surface area contributed by atoms with E-state index in [0.29, 0.717) is 22.9 Å². The van der Waals surface area contributed by atoms with Gasteiger partial charge in [0.05, 0.1) is 11.4 Å². The van der Waals surface area contributed by atoms with E-state index < -0.39 is 0 Å². The second kappa shape index (κ2) is 7.23. The van der Waals surface area contributed by atoms with Crippen molar-refractivity contribution in [2.24, 2.45) is 10.2 Å². The summed E-state index contributed by atoms with van der Waals surface area (Å²) in [7, 11) is 0. The van der Waals surface area contributed by atoms with Crippen LogP contribution in [0, 0.1) is 25.2 Å². The molecule has 0 amide bonds. The van der Waals surface area contributed by atoms with Gasteiger partial charge in [-0.1, -0.05) is 30.3 Å². The van der Waals surface area contributed by atoms with E-state index in [4.69, 9.17) is 0 Å². The van der Waals surface area contributed by atoms with Gasteiger partial charge >= 0.3 is 0 Å². The minimum Gasteiger partial charge on any atom is -0.293 e. The van der Waals surface area contributed by atoms with Gasteiger partial charge in [-0.2, -0.15) is 25.0 Å². The summed E-state index contributed by atoms with van der Waals surface area (Å²) < 4.78 is 3.11. The number of nitriles is 1. The van der Waals surface area contributed by atoms with Gasteiger partial charge in [0.2, 0.25) is 5.65 Å². The molecule has 31 heavy (non-hydrogen) atoms. The first kappa shape index (κ1) is 18.3. The van der Waals surface area contributed by atoms with Crippen LogP contribution in [-0.2, 0) is 0 Å². The van der Waals surface area contributed by atoms with Gasteiger partial charge in [-0.25, -0.2) is 9.50 Å². The highest BCUT2D eigenvalue weighted by Crippen LogP contribution is 2.31. The fourth-order valence-electron chi connectivity index (χ4n) is 3.14. The molecule has 1 N–H and O–H groups in total. The fraction of sp³-hybridized carbons (Fsp3) is 0.105. The van der Waals surface area contributed by atoms with E-state index in [2.05, 4.69) is 51.6 Å². The average Bonchev–Trinajstić information content (AvgIpc) is 3.44. The summed E-state index contributed by atoms with van der Waals surface area (Å²) in [6.45, 7) is 3.57. The third-order valence-electron chi connectivity index (χ3n) is 4.60. The molecule has 5 aromatic rings. The number of fused-ring (bicyclic) bond motifs is 1. The molecule has 4 heterocycles. The Hall–Kier alpha value is -4.79. The summed E-state index contributed by atoms with van der Waals surface area (Å²) in [5, 5.41) is 34.3. The van der Waals surface area contributed by atoms with Crippen LogP contribution in [0.1, 0.15) is 17.0 Å². The van der Waals surface area contributed by atoms with E-state index in [0.717, 1.165) is 11.3 Å². The van der Waals surface area contributed by atoms with Crippen molar-refractivity contribution in [2.45, 2.75) is 13.8 Å². The SMILES string of the molecule is Cc1nn(-c2ncncn2)c(N=Nc2c(C)[nH]n3c(-c4ccccc4)nnc23)c1C#N. The highest BCUT2D eigenvalue weighted by molar-refractivity contribution is 5.70. The molecule has 0 fully saturated rings. The molecule has 12 heteroatoms. The Morgan fingerprint density at radius 2 is 1.81 bits per heavy atom. The molecule has 0 saturated carbocycles. The van der Waals surface area contributed by atoms with E-state index in [1.54, 1.807) is 11.4 Å². The number of hydrogen-bond donors (Lipinski definition) is 1. The topological polar surface area (TPSA) is 151 Å². The molecule has 0 radical (unpaired) electrons. The lowest BCUT2D eigenvalue weighted by Crippen LogP contribution is -2.02. The Kier molecular flexibility index (Phi) is 4.26. The standard InChI is InChI=1S/C19H14N12/c1-11-14(8-20)17(31(28-11)19-22-9-21-10-23-19)26-24-15-12(2)29-30-16(25-27-18(15)30)13-6-4-3-5-7-13/h3-7,9-10,29H,1-2H3. The van der Waals surface area contributed by atoms with Gasteiger partial charge in [-0.3, -0.25) is 5.10 Å². The minimum absolute atomic E-state index is 0.216. The van der Waals surface area contributed by atoms with Crippen molar-refractivity contribution in [2.75, 3.05) is 0 Å². The highest BCUT2D eigenvalue weighted by Gasteiger charge is 2.20. The van der Waals surface area contributed by atoms with E-state index in [1.165, 1.54) is 17.3 Å². The first-order chi connectivity index (χ1) is 15.2. The summed E-state index contributed by atoms with van der Waals surface area (Å²) in [6.07, 6.45) is 2.68. The normalized spacial score (nSPS) is 11.4. The Morgan fingerprint density at radius 3 is 2.55 bits per heavy atom. The summed E-state index contributed by atoms with van der Waals surface area (Å²) in [4.78, 5) is 12.0. The number of nitrogens with zero attached hydrogens (tertiary/aromatic N) is 11. The molecule has 4 aromatic heterocycles. The van der Waals surface area contributed by atoms with Crippen LogP contribution in [0.15, 0.2) is 53.2 Å². The molecule has 12 nitrogen and oxygen atoms in total. The predicted molar refractivity (Wildman–Crippen MR) is 108 cm³/mol. The second-order valence-electron chi connectivity index (χ2n) is 6.58. The van der Waals surface area contributed by atoms with Crippen molar-refractivity contribution in [3.05, 3.63) is 59.9 Å². The zero-order valence-corrected chi connectivity index (χ0v) is 16.5. The van der Waals surface area contributed by atoms with Gasteiger partial charge in [0, 0.05) is 5.56 Å². The second-order valence-corrected chi connectivity index (χ2v) is 6.58. The number of hydrogen-bond acceptors (Lipinski definition) is 9. The van der Waals surface area contributed by atoms with Crippen LogP contribution in [0.25, 0.3) is 23.0 Å². The number of benzene rings is 1. The first-order valence-corrected chi connectivity index (χ1v) is 9.20. The molecule has 0 aliphatic rings. The molecule has 0 bridgehead atoms. The predicted octanol–water partition coefficient (Wildman–Crippen LogP) is 3.00. The van der Waals surface area contributed by atoms with Crippen molar-refractivity contribution >= 4 is 17.2 Å². The van der Waals surface area contributed by atoms with E-state index in [-0.39, 0.29) is 17.3 Å². The van der Waals surface area contributed by atoms with Gasteiger partial charge in [-0.15, -0.1) is 20.4 Å². The van der Waals surface area contributed by atoms with Gasteiger partial charge in [0.1, 0.15) is 24.3 Å². The number of H-pyrrole nitrogens is 1. The number of aromatic amines is 1. The number of aryl methyl sites for hydroxylation is 2. The summed E-state index contributed by atoms with van der Waals surface area (Å²) >= 11 is 0. The number of nitrogens with one attached hydrogen (secondary N) is 1. The van der Waals surface area contributed by atoms with Crippen molar-refractivity contribution in [1.82, 2.24) is 44.5 Å². The Morgan fingerprint density at radius 1 is 1.03 bits per heavy atom. The minimum atomic E-state index is 0.216. The third-order valence-corrected chi connectivity index (χ3v) is 4.60. The number of azo groups is 1. The molecule has 0 atom stereocenters. The zero-order chi connectivity index (χ0) is 21.4. The lowest BCUT2D eigenvalue weighted by atomic mass is 10.2. The largest absolute Gasteiger partial charge is 0.293 e. The number of rotatable bonds is 4. The molecule has 5 rings (SSSR count). The van der Waals surface area contributed by atoms with Gasteiger partial charge in [0.25, 0.3) is 5.95 Å². The van der Waals surface area contributed by atoms with E-state index in [9.17, 15) is 5.26 Å². The Bertz CT molecular complexity index is 1450. The maximum Gasteiger partial charge on any atom is 0.255 e. The zero-order valence-electron chi connectivity index (χ0n) is 16.5. The van der Waals surface area contributed by atoms with Crippen molar-refractivity contribution in [3.63, 3.8) is 0 Å². The third kappa shape index (κ3) is 3.01.